The lowest BCUT2D eigenvalue weighted by Crippen LogP contribution is -2.22. The molecule has 0 spiro atoms. The molecule has 0 saturated heterocycles. The zero-order chi connectivity index (χ0) is 8.97. The molecule has 0 bridgehead atoms. The highest BCUT2D eigenvalue weighted by molar-refractivity contribution is 6.44. The molecular weight excluding hydrogens is 143 g/mol. The van der Waals surface area contributed by atoms with Gasteiger partial charge in [-0.15, -0.1) is 5.92 Å². The smallest absolute Gasteiger partial charge is 0.163 e. The molecule has 1 heteroatoms. The van der Waals surface area contributed by atoms with E-state index in [-0.39, 0.29) is 0 Å². The van der Waals surface area contributed by atoms with Gasteiger partial charge in [0.1, 0.15) is 0 Å². The maximum absolute atomic E-state index is 3.35. The van der Waals surface area contributed by atoms with Crippen LogP contribution in [0.2, 0.25) is 6.82 Å². The summed E-state index contributed by atoms with van der Waals surface area (Å²) in [6, 6.07) is 0. The fourth-order valence-corrected chi connectivity index (χ4v) is 1.98. The third-order valence-corrected chi connectivity index (χ3v) is 3.12. The van der Waals surface area contributed by atoms with Gasteiger partial charge in [-0.2, -0.15) is 5.82 Å². The van der Waals surface area contributed by atoms with Crippen molar-refractivity contribution in [1.29, 1.82) is 0 Å². The number of hydrogen-bond acceptors (Lipinski definition) is 0. The minimum Gasteiger partial charge on any atom is -0.163 e. The van der Waals surface area contributed by atoms with E-state index in [1.54, 1.807) is 0 Å². The van der Waals surface area contributed by atoms with E-state index in [4.69, 9.17) is 0 Å². The van der Waals surface area contributed by atoms with Gasteiger partial charge in [0.25, 0.3) is 0 Å². The molecule has 1 fully saturated rings. The highest BCUT2D eigenvalue weighted by Crippen LogP contribution is 2.33. The molecule has 0 amide bonds. The molecule has 1 saturated carbocycles. The monoisotopic (exact) mass is 161 g/mol. The van der Waals surface area contributed by atoms with Crippen molar-refractivity contribution in [2.24, 2.45) is 17.8 Å². The van der Waals surface area contributed by atoms with E-state index in [1.165, 1.54) is 19.3 Å². The van der Waals surface area contributed by atoms with Crippen molar-refractivity contribution in [1.82, 2.24) is 0 Å². The summed E-state index contributed by atoms with van der Waals surface area (Å²) in [5.41, 5.74) is 0. The fourth-order valence-electron chi connectivity index (χ4n) is 1.98. The Kier molecular flexibility index (Phi) is 3.72. The molecule has 1 aliphatic carbocycles. The van der Waals surface area contributed by atoms with Crippen molar-refractivity contribution in [3.63, 3.8) is 0 Å². The molecule has 0 aromatic carbocycles. The number of rotatable bonds is 0. The van der Waals surface area contributed by atoms with E-state index < -0.39 is 0 Å². The summed E-state index contributed by atoms with van der Waals surface area (Å²) in [6.45, 7) is 6.71. The van der Waals surface area contributed by atoms with Gasteiger partial charge in [-0.25, -0.2) is 0 Å². The lowest BCUT2D eigenvalue weighted by molar-refractivity contribution is 0.226. The van der Waals surface area contributed by atoms with Gasteiger partial charge in [0, 0.05) is 5.92 Å². The van der Waals surface area contributed by atoms with Crippen LogP contribution in [0.25, 0.3) is 0 Å². The van der Waals surface area contributed by atoms with Gasteiger partial charge < -0.3 is 0 Å². The van der Waals surface area contributed by atoms with Gasteiger partial charge in [-0.05, 0) is 18.3 Å². The summed E-state index contributed by atoms with van der Waals surface area (Å²) in [4.78, 5) is 0. The minimum absolute atomic E-state index is 0.657. The molecule has 0 aromatic rings. The van der Waals surface area contributed by atoms with Crippen molar-refractivity contribution in [3.8, 4) is 11.7 Å². The van der Waals surface area contributed by atoms with E-state index in [2.05, 4.69) is 25.6 Å². The van der Waals surface area contributed by atoms with Gasteiger partial charge in [0.05, 0.1) is 0 Å². The van der Waals surface area contributed by atoms with Gasteiger partial charge in [0.2, 0.25) is 7.28 Å². The molecule has 0 aliphatic heterocycles. The summed E-state index contributed by atoms with van der Waals surface area (Å²) in [5, 5.41) is 0. The summed E-state index contributed by atoms with van der Waals surface area (Å²) in [5.74, 6) is 8.76. The van der Waals surface area contributed by atoms with E-state index in [9.17, 15) is 0 Å². The molecule has 0 nitrogen and oxygen atoms in total. The summed E-state index contributed by atoms with van der Waals surface area (Å²) >= 11 is 0. The average Bonchev–Trinajstić information content (AvgIpc) is 2.08. The van der Waals surface area contributed by atoms with Crippen LogP contribution in [0, 0.1) is 29.5 Å². The van der Waals surface area contributed by atoms with Gasteiger partial charge >= 0.3 is 0 Å². The first kappa shape index (κ1) is 9.71. The molecule has 1 radical (unpaired) electrons. The van der Waals surface area contributed by atoms with Crippen LogP contribution in [0.15, 0.2) is 0 Å². The normalized spacial score (nSPS) is 35.1. The van der Waals surface area contributed by atoms with E-state index in [0.29, 0.717) is 5.92 Å². The van der Waals surface area contributed by atoms with Crippen molar-refractivity contribution in [2.75, 3.05) is 0 Å². The van der Waals surface area contributed by atoms with Crippen LogP contribution >= 0.6 is 0 Å². The molecule has 0 aromatic heterocycles. The second-order valence-corrected chi connectivity index (χ2v) is 3.95. The Labute approximate surface area is 77.4 Å². The van der Waals surface area contributed by atoms with Gasteiger partial charge in [-0.1, -0.05) is 33.5 Å². The Morgan fingerprint density at radius 3 is 2.67 bits per heavy atom. The minimum atomic E-state index is 0.657. The van der Waals surface area contributed by atoms with Crippen LogP contribution in [0.4, 0.5) is 0 Å². The van der Waals surface area contributed by atoms with E-state index >= 15 is 0 Å². The second-order valence-electron chi connectivity index (χ2n) is 3.95. The molecule has 3 atom stereocenters. The Morgan fingerprint density at radius 2 is 2.00 bits per heavy atom. The van der Waals surface area contributed by atoms with Crippen LogP contribution in [0.5, 0.6) is 0 Å². The van der Waals surface area contributed by atoms with Crippen molar-refractivity contribution in [2.45, 2.75) is 39.9 Å². The lowest BCUT2D eigenvalue weighted by atomic mass is 9.73. The standard InChI is InChI=1S/C11H18B/c1-9-5-4-6-11(10(9)2)7-8-12-3/h9-11H,4-6H2,1-3H3. The number of hydrogen-bond donors (Lipinski definition) is 0. The van der Waals surface area contributed by atoms with Crippen LogP contribution in [-0.2, 0) is 0 Å². The molecular formula is C11H18B. The summed E-state index contributed by atoms with van der Waals surface area (Å²) < 4.78 is 0. The highest BCUT2D eigenvalue weighted by Gasteiger charge is 2.25. The zero-order valence-electron chi connectivity index (χ0n) is 8.43. The third-order valence-electron chi connectivity index (χ3n) is 3.12. The second kappa shape index (κ2) is 4.60. The Bertz CT molecular complexity index is 187. The molecule has 0 N–H and O–H groups in total. The van der Waals surface area contributed by atoms with Crippen LogP contribution in [0.3, 0.4) is 0 Å². The summed E-state index contributed by atoms with van der Waals surface area (Å²) in [6.07, 6.45) is 4.08. The Balaban J connectivity index is 2.51. The van der Waals surface area contributed by atoms with E-state index in [1.807, 2.05) is 14.1 Å². The molecule has 3 unspecified atom stereocenters. The molecule has 12 heavy (non-hydrogen) atoms. The predicted molar refractivity (Wildman–Crippen MR) is 55.1 cm³/mol. The molecule has 65 valence electrons. The third kappa shape index (κ3) is 2.30. The Morgan fingerprint density at radius 1 is 1.25 bits per heavy atom. The van der Waals surface area contributed by atoms with Gasteiger partial charge in [0.15, 0.2) is 0 Å². The first-order valence-electron chi connectivity index (χ1n) is 5.04. The lowest BCUT2D eigenvalue weighted by Gasteiger charge is -2.30. The quantitative estimate of drug-likeness (QED) is 0.378. The zero-order valence-corrected chi connectivity index (χ0v) is 8.43. The van der Waals surface area contributed by atoms with E-state index in [0.717, 1.165) is 11.8 Å². The SMILES string of the molecule is C[B]C#CC1CCCC(C)C1C. The largest absolute Gasteiger partial charge is 0.212 e. The highest BCUT2D eigenvalue weighted by atomic mass is 14.3. The first-order valence-corrected chi connectivity index (χ1v) is 5.04. The van der Waals surface area contributed by atoms with Gasteiger partial charge in [-0.3, -0.25) is 0 Å². The topological polar surface area (TPSA) is 0 Å². The molecule has 1 aliphatic rings. The van der Waals surface area contributed by atoms with Crippen molar-refractivity contribution >= 4 is 7.28 Å². The van der Waals surface area contributed by atoms with Crippen LogP contribution in [0.1, 0.15) is 33.1 Å². The first-order chi connectivity index (χ1) is 5.75. The maximum Gasteiger partial charge on any atom is 0.212 e. The van der Waals surface area contributed by atoms with Crippen molar-refractivity contribution in [3.05, 3.63) is 0 Å². The summed E-state index contributed by atoms with van der Waals surface area (Å²) in [7, 11) is 1.95. The predicted octanol–water partition coefficient (Wildman–Crippen LogP) is 2.77. The maximum atomic E-state index is 3.35. The Hall–Kier alpha value is -0.375. The fraction of sp³-hybridized carbons (Fsp3) is 0.818. The molecule has 1 rings (SSSR count). The average molecular weight is 161 g/mol. The van der Waals surface area contributed by atoms with Crippen LogP contribution < -0.4 is 0 Å². The molecule has 0 heterocycles. The van der Waals surface area contributed by atoms with Crippen LogP contribution in [-0.4, -0.2) is 7.28 Å². The van der Waals surface area contributed by atoms with Crippen molar-refractivity contribution < 1.29 is 0 Å².